The summed E-state index contributed by atoms with van der Waals surface area (Å²) in [7, 11) is 0. The molecule has 1 heterocycles. The minimum absolute atomic E-state index is 0.460. The maximum absolute atomic E-state index is 5.57. The Morgan fingerprint density at radius 2 is 2.31 bits per heavy atom. The van der Waals surface area contributed by atoms with Gasteiger partial charge in [-0.2, -0.15) is 0 Å². The molecule has 88 valence electrons. The van der Waals surface area contributed by atoms with Gasteiger partial charge < -0.3 is 15.8 Å². The average Bonchev–Trinajstić information content (AvgIpc) is 2.24. The second-order valence-corrected chi connectivity index (χ2v) is 4.21. The van der Waals surface area contributed by atoms with E-state index in [-0.39, 0.29) is 0 Å². The third-order valence-corrected chi connectivity index (χ3v) is 2.92. The van der Waals surface area contributed by atoms with Crippen molar-refractivity contribution in [3.05, 3.63) is 24.0 Å². The highest BCUT2D eigenvalue weighted by Crippen LogP contribution is 2.23. The molecule has 1 fully saturated rings. The van der Waals surface area contributed by atoms with Crippen molar-refractivity contribution in [3.63, 3.8) is 0 Å². The molecule has 16 heavy (non-hydrogen) atoms. The molecule has 0 amide bonds. The lowest BCUT2D eigenvalue weighted by Gasteiger charge is -2.35. The molecule has 0 aromatic carbocycles. The van der Waals surface area contributed by atoms with E-state index in [0.29, 0.717) is 17.8 Å². The largest absolute Gasteiger partial charge is 0.397 e. The number of nitrogens with two attached hydrogens (primary N) is 1. The zero-order valence-electron chi connectivity index (χ0n) is 9.65. The van der Waals surface area contributed by atoms with Gasteiger partial charge in [-0.05, 0) is 31.9 Å². The highest BCUT2D eigenvalue weighted by atomic mass is 16.5. The van der Waals surface area contributed by atoms with Crippen molar-refractivity contribution in [2.24, 2.45) is 0 Å². The third kappa shape index (κ3) is 2.93. The Hall–Kier alpha value is -1.13. The van der Waals surface area contributed by atoms with Crippen LogP contribution in [-0.2, 0) is 11.3 Å². The molecule has 4 heteroatoms. The van der Waals surface area contributed by atoms with Gasteiger partial charge in [-0.1, -0.05) is 0 Å². The van der Waals surface area contributed by atoms with Gasteiger partial charge in [-0.25, -0.2) is 0 Å². The van der Waals surface area contributed by atoms with Crippen LogP contribution in [-0.4, -0.2) is 23.7 Å². The van der Waals surface area contributed by atoms with Gasteiger partial charge in [-0.3, -0.25) is 4.98 Å². The molecule has 0 aliphatic heterocycles. The number of pyridine rings is 1. The molecule has 1 saturated carbocycles. The monoisotopic (exact) mass is 221 g/mol. The van der Waals surface area contributed by atoms with E-state index in [4.69, 9.17) is 10.5 Å². The van der Waals surface area contributed by atoms with Crippen molar-refractivity contribution < 1.29 is 4.74 Å². The first-order valence-corrected chi connectivity index (χ1v) is 5.83. The van der Waals surface area contributed by atoms with Crippen molar-refractivity contribution in [2.75, 3.05) is 12.3 Å². The molecule has 0 spiro atoms. The van der Waals surface area contributed by atoms with Gasteiger partial charge in [0.05, 0.1) is 23.7 Å². The third-order valence-electron chi connectivity index (χ3n) is 2.92. The number of aromatic nitrogens is 1. The summed E-state index contributed by atoms with van der Waals surface area (Å²) in [5.41, 5.74) is 7.32. The van der Waals surface area contributed by atoms with E-state index in [0.717, 1.165) is 31.7 Å². The number of anilines is 1. The van der Waals surface area contributed by atoms with E-state index in [9.17, 15) is 0 Å². The fourth-order valence-corrected chi connectivity index (χ4v) is 1.89. The Kier molecular flexibility index (Phi) is 3.74. The number of hydrogen-bond donors (Lipinski definition) is 2. The van der Waals surface area contributed by atoms with Crippen LogP contribution in [0.5, 0.6) is 0 Å². The quantitative estimate of drug-likeness (QED) is 0.787. The van der Waals surface area contributed by atoms with Crippen LogP contribution in [0.15, 0.2) is 18.3 Å². The lowest BCUT2D eigenvalue weighted by molar-refractivity contribution is -0.0103. The van der Waals surface area contributed by atoms with E-state index >= 15 is 0 Å². The van der Waals surface area contributed by atoms with Gasteiger partial charge in [0.1, 0.15) is 0 Å². The first-order chi connectivity index (χ1) is 7.78. The Balaban J connectivity index is 1.67. The first kappa shape index (κ1) is 11.4. The Morgan fingerprint density at radius 1 is 1.50 bits per heavy atom. The van der Waals surface area contributed by atoms with Crippen LogP contribution in [0.4, 0.5) is 5.69 Å². The Morgan fingerprint density at radius 3 is 2.94 bits per heavy atom. The van der Waals surface area contributed by atoms with Crippen molar-refractivity contribution in [3.8, 4) is 0 Å². The number of ether oxygens (including phenoxy) is 1. The van der Waals surface area contributed by atoms with E-state index in [1.165, 1.54) is 0 Å². The Bertz CT molecular complexity index is 320. The van der Waals surface area contributed by atoms with E-state index in [2.05, 4.69) is 10.3 Å². The highest BCUT2D eigenvalue weighted by molar-refractivity contribution is 5.34. The van der Waals surface area contributed by atoms with Gasteiger partial charge in [-0.15, -0.1) is 0 Å². The van der Waals surface area contributed by atoms with Crippen LogP contribution in [0.25, 0.3) is 0 Å². The molecule has 3 N–H and O–H groups in total. The molecular weight excluding hydrogens is 202 g/mol. The summed E-state index contributed by atoms with van der Waals surface area (Å²) in [4.78, 5) is 4.25. The summed E-state index contributed by atoms with van der Waals surface area (Å²) in [6, 6.07) is 4.42. The second-order valence-electron chi connectivity index (χ2n) is 4.21. The summed E-state index contributed by atoms with van der Waals surface area (Å²) >= 11 is 0. The molecule has 1 aliphatic carbocycles. The number of nitrogens with zero attached hydrogens (tertiary/aromatic N) is 1. The minimum atomic E-state index is 0.460. The summed E-state index contributed by atoms with van der Waals surface area (Å²) in [6.07, 6.45) is 4.38. The molecule has 1 aromatic rings. The first-order valence-electron chi connectivity index (χ1n) is 5.83. The maximum atomic E-state index is 5.57. The summed E-state index contributed by atoms with van der Waals surface area (Å²) in [5, 5.41) is 3.46. The number of rotatable bonds is 5. The standard InChI is InChI=1S/C12H19N3O/c1-2-16-12-5-11(6-12)15-8-10-4-3-9(13)7-14-10/h3-4,7,11-12,15H,2,5-6,8,13H2,1H3. The van der Waals surface area contributed by atoms with Crippen LogP contribution in [0, 0.1) is 0 Å². The predicted octanol–water partition coefficient (Wildman–Crippen LogP) is 1.32. The lowest BCUT2D eigenvalue weighted by atomic mass is 9.89. The maximum Gasteiger partial charge on any atom is 0.0604 e. The smallest absolute Gasteiger partial charge is 0.0604 e. The fraction of sp³-hybridized carbons (Fsp3) is 0.583. The van der Waals surface area contributed by atoms with E-state index < -0.39 is 0 Å². The lowest BCUT2D eigenvalue weighted by Crippen LogP contribution is -2.45. The van der Waals surface area contributed by atoms with Crippen molar-refractivity contribution >= 4 is 5.69 Å². The van der Waals surface area contributed by atoms with Gasteiger partial charge in [0.2, 0.25) is 0 Å². The van der Waals surface area contributed by atoms with Crippen molar-refractivity contribution in [2.45, 2.75) is 38.5 Å². The molecule has 0 atom stereocenters. The molecule has 0 saturated heterocycles. The van der Waals surface area contributed by atoms with Crippen LogP contribution in [0.3, 0.4) is 0 Å². The average molecular weight is 221 g/mol. The van der Waals surface area contributed by atoms with Gasteiger partial charge in [0.25, 0.3) is 0 Å². The van der Waals surface area contributed by atoms with Crippen LogP contribution < -0.4 is 11.1 Å². The van der Waals surface area contributed by atoms with E-state index in [1.807, 2.05) is 19.1 Å². The van der Waals surface area contributed by atoms with Crippen molar-refractivity contribution in [1.82, 2.24) is 10.3 Å². The molecular formula is C12H19N3O. The minimum Gasteiger partial charge on any atom is -0.397 e. The van der Waals surface area contributed by atoms with Crippen molar-refractivity contribution in [1.29, 1.82) is 0 Å². The fourth-order valence-electron chi connectivity index (χ4n) is 1.89. The molecule has 2 rings (SSSR count). The number of hydrogen-bond acceptors (Lipinski definition) is 4. The van der Waals surface area contributed by atoms with Crippen LogP contribution in [0.2, 0.25) is 0 Å². The number of nitrogens with one attached hydrogen (secondary N) is 1. The molecule has 0 unspecified atom stereocenters. The molecule has 1 aromatic heterocycles. The van der Waals surface area contributed by atoms with Gasteiger partial charge >= 0.3 is 0 Å². The molecule has 0 bridgehead atoms. The Labute approximate surface area is 96.2 Å². The number of nitrogen functional groups attached to an aromatic ring is 1. The second kappa shape index (κ2) is 5.27. The summed E-state index contributed by atoms with van der Waals surface area (Å²) in [5.74, 6) is 0. The predicted molar refractivity (Wildman–Crippen MR) is 63.9 cm³/mol. The topological polar surface area (TPSA) is 60.2 Å². The van der Waals surface area contributed by atoms with Gasteiger partial charge in [0.15, 0.2) is 0 Å². The zero-order valence-corrected chi connectivity index (χ0v) is 9.65. The molecule has 1 aliphatic rings. The highest BCUT2D eigenvalue weighted by Gasteiger charge is 2.28. The SMILES string of the molecule is CCOC1CC(NCc2ccc(N)cn2)C1. The van der Waals surface area contributed by atoms with Gasteiger partial charge in [0, 0.05) is 19.2 Å². The summed E-state index contributed by atoms with van der Waals surface area (Å²) in [6.45, 7) is 3.67. The van der Waals surface area contributed by atoms with Crippen LogP contribution in [0.1, 0.15) is 25.5 Å². The summed E-state index contributed by atoms with van der Waals surface area (Å²) < 4.78 is 5.50. The molecule has 0 radical (unpaired) electrons. The van der Waals surface area contributed by atoms with E-state index in [1.54, 1.807) is 6.20 Å². The molecule has 4 nitrogen and oxygen atoms in total. The van der Waals surface area contributed by atoms with Crippen LogP contribution >= 0.6 is 0 Å². The zero-order chi connectivity index (χ0) is 11.4. The normalized spacial score (nSPS) is 24.1.